The van der Waals surface area contributed by atoms with Gasteiger partial charge in [-0.05, 0) is 37.1 Å². The molecule has 23 heavy (non-hydrogen) atoms. The zero-order valence-corrected chi connectivity index (χ0v) is 13.5. The fourth-order valence-corrected chi connectivity index (χ4v) is 2.88. The normalized spacial score (nSPS) is 18.4. The molecule has 0 aliphatic carbocycles. The summed E-state index contributed by atoms with van der Waals surface area (Å²) in [5, 5.41) is 5.35. The Hall–Kier alpha value is -1.95. The van der Waals surface area contributed by atoms with E-state index in [9.17, 15) is 14.0 Å². The summed E-state index contributed by atoms with van der Waals surface area (Å²) in [4.78, 5) is 25.5. The number of amides is 2. The topological polar surface area (TPSA) is 61.4 Å². The molecule has 0 aromatic heterocycles. The molecule has 0 saturated carbocycles. The fraction of sp³-hybridized carbons (Fsp3) is 0.529. The van der Waals surface area contributed by atoms with Gasteiger partial charge in [0.25, 0.3) is 0 Å². The molecule has 1 saturated heterocycles. The van der Waals surface area contributed by atoms with Crippen LogP contribution in [-0.4, -0.2) is 43.4 Å². The molecule has 0 spiro atoms. The molecule has 1 aliphatic rings. The quantitative estimate of drug-likeness (QED) is 0.830. The number of halogens is 1. The maximum Gasteiger partial charge on any atom is 0.224 e. The third kappa shape index (κ3) is 5.63. The van der Waals surface area contributed by atoms with Gasteiger partial charge in [0.2, 0.25) is 11.8 Å². The number of likely N-dealkylation sites (tertiary alicyclic amines) is 1. The van der Waals surface area contributed by atoms with Crippen molar-refractivity contribution >= 4 is 11.8 Å². The van der Waals surface area contributed by atoms with Crippen molar-refractivity contribution in [3.05, 3.63) is 35.6 Å². The Morgan fingerprint density at radius 2 is 2.22 bits per heavy atom. The number of hydrogen-bond acceptors (Lipinski definition) is 3. The summed E-state index contributed by atoms with van der Waals surface area (Å²) in [5.41, 5.74) is 0.922. The standard InChI is InChI=1S/C17H24FN3O2/c1-19-16(22)7-8-20-17(23)14-5-3-9-21(12-14)11-13-4-2-6-15(18)10-13/h2,4,6,10,14H,3,5,7-9,11-12H2,1H3,(H,19,22)(H,20,23)/t14-/m0/s1. The molecule has 126 valence electrons. The van der Waals surface area contributed by atoms with Gasteiger partial charge in [0.05, 0.1) is 5.92 Å². The molecule has 0 radical (unpaired) electrons. The lowest BCUT2D eigenvalue weighted by atomic mass is 9.96. The van der Waals surface area contributed by atoms with Crippen molar-refractivity contribution in [2.24, 2.45) is 5.92 Å². The Kier molecular flexibility index (Phi) is 6.52. The second-order valence-electron chi connectivity index (χ2n) is 5.92. The Morgan fingerprint density at radius 1 is 1.39 bits per heavy atom. The lowest BCUT2D eigenvalue weighted by molar-refractivity contribution is -0.127. The summed E-state index contributed by atoms with van der Waals surface area (Å²) in [7, 11) is 1.58. The van der Waals surface area contributed by atoms with Crippen molar-refractivity contribution in [1.29, 1.82) is 0 Å². The van der Waals surface area contributed by atoms with E-state index >= 15 is 0 Å². The van der Waals surface area contributed by atoms with Crippen LogP contribution >= 0.6 is 0 Å². The maximum absolute atomic E-state index is 13.2. The molecule has 6 heteroatoms. The van der Waals surface area contributed by atoms with Crippen LogP contribution in [0, 0.1) is 11.7 Å². The summed E-state index contributed by atoms with van der Waals surface area (Å²) in [5.74, 6) is -0.385. The number of piperidine rings is 1. The zero-order valence-electron chi connectivity index (χ0n) is 13.5. The van der Waals surface area contributed by atoms with E-state index in [2.05, 4.69) is 15.5 Å². The highest BCUT2D eigenvalue weighted by atomic mass is 19.1. The molecule has 1 aromatic carbocycles. The second-order valence-corrected chi connectivity index (χ2v) is 5.92. The van der Waals surface area contributed by atoms with Crippen LogP contribution < -0.4 is 10.6 Å². The first-order valence-corrected chi connectivity index (χ1v) is 8.03. The van der Waals surface area contributed by atoms with Crippen LogP contribution in [0.15, 0.2) is 24.3 Å². The second kappa shape index (κ2) is 8.62. The highest BCUT2D eigenvalue weighted by Gasteiger charge is 2.25. The highest BCUT2D eigenvalue weighted by Crippen LogP contribution is 2.19. The number of carbonyl (C=O) groups excluding carboxylic acids is 2. The van der Waals surface area contributed by atoms with Gasteiger partial charge in [0.1, 0.15) is 5.82 Å². The van der Waals surface area contributed by atoms with Gasteiger partial charge >= 0.3 is 0 Å². The SMILES string of the molecule is CNC(=O)CCNC(=O)[C@H]1CCCN(Cc2cccc(F)c2)C1. The zero-order chi connectivity index (χ0) is 16.7. The van der Waals surface area contributed by atoms with Gasteiger partial charge in [-0.25, -0.2) is 4.39 Å². The number of carbonyl (C=O) groups is 2. The molecule has 5 nitrogen and oxygen atoms in total. The van der Waals surface area contributed by atoms with Gasteiger partial charge in [0, 0.05) is 33.1 Å². The van der Waals surface area contributed by atoms with E-state index in [-0.39, 0.29) is 23.5 Å². The third-order valence-electron chi connectivity index (χ3n) is 4.10. The first-order chi connectivity index (χ1) is 11.1. The molecule has 0 unspecified atom stereocenters. The van der Waals surface area contributed by atoms with Crippen molar-refractivity contribution < 1.29 is 14.0 Å². The van der Waals surface area contributed by atoms with E-state index in [4.69, 9.17) is 0 Å². The van der Waals surface area contributed by atoms with Crippen molar-refractivity contribution in [3.8, 4) is 0 Å². The van der Waals surface area contributed by atoms with Gasteiger partial charge < -0.3 is 10.6 Å². The monoisotopic (exact) mass is 321 g/mol. The highest BCUT2D eigenvalue weighted by molar-refractivity contribution is 5.80. The average molecular weight is 321 g/mol. The predicted molar refractivity (Wildman–Crippen MR) is 86.1 cm³/mol. The Bertz CT molecular complexity index is 550. The van der Waals surface area contributed by atoms with E-state index < -0.39 is 0 Å². The molecule has 1 aliphatic heterocycles. The third-order valence-corrected chi connectivity index (χ3v) is 4.10. The first kappa shape index (κ1) is 17.4. The lowest BCUT2D eigenvalue weighted by Crippen LogP contribution is -2.43. The number of nitrogens with one attached hydrogen (secondary N) is 2. The lowest BCUT2D eigenvalue weighted by Gasteiger charge is -2.32. The molecule has 1 atom stereocenters. The predicted octanol–water partition coefficient (Wildman–Crippen LogP) is 1.29. The number of benzene rings is 1. The van der Waals surface area contributed by atoms with E-state index in [0.717, 1.165) is 24.9 Å². The minimum absolute atomic E-state index is 0.00200. The minimum atomic E-state index is -0.233. The van der Waals surface area contributed by atoms with Crippen molar-refractivity contribution in [2.45, 2.75) is 25.8 Å². The van der Waals surface area contributed by atoms with E-state index in [1.165, 1.54) is 12.1 Å². The number of rotatable bonds is 6. The van der Waals surface area contributed by atoms with Crippen molar-refractivity contribution in [2.75, 3.05) is 26.7 Å². The van der Waals surface area contributed by atoms with E-state index in [1.54, 1.807) is 13.1 Å². The molecule has 2 rings (SSSR count). The maximum atomic E-state index is 13.2. The van der Waals surface area contributed by atoms with Crippen molar-refractivity contribution in [3.63, 3.8) is 0 Å². The molecular formula is C17H24FN3O2. The summed E-state index contributed by atoms with van der Waals surface area (Å²) in [6.45, 7) is 2.60. The van der Waals surface area contributed by atoms with Crippen LogP contribution in [0.25, 0.3) is 0 Å². The Labute approximate surface area is 136 Å². The van der Waals surface area contributed by atoms with Gasteiger partial charge in [-0.3, -0.25) is 14.5 Å². The molecule has 1 heterocycles. The molecule has 2 amide bonds. The van der Waals surface area contributed by atoms with Gasteiger partial charge in [0.15, 0.2) is 0 Å². The van der Waals surface area contributed by atoms with Crippen LogP contribution in [0.3, 0.4) is 0 Å². The molecular weight excluding hydrogens is 297 g/mol. The Morgan fingerprint density at radius 3 is 2.96 bits per heavy atom. The molecule has 1 aromatic rings. The van der Waals surface area contributed by atoms with Crippen LogP contribution in [0.5, 0.6) is 0 Å². The Balaban J connectivity index is 1.80. The molecule has 2 N–H and O–H groups in total. The first-order valence-electron chi connectivity index (χ1n) is 8.03. The summed E-state index contributed by atoms with van der Waals surface area (Å²) < 4.78 is 13.2. The fourth-order valence-electron chi connectivity index (χ4n) is 2.88. The van der Waals surface area contributed by atoms with Crippen LogP contribution in [0.2, 0.25) is 0 Å². The summed E-state index contributed by atoms with van der Waals surface area (Å²) >= 11 is 0. The summed E-state index contributed by atoms with van der Waals surface area (Å²) in [6.07, 6.45) is 2.09. The molecule has 1 fully saturated rings. The molecule has 0 bridgehead atoms. The minimum Gasteiger partial charge on any atom is -0.359 e. The van der Waals surface area contributed by atoms with Gasteiger partial charge in [-0.15, -0.1) is 0 Å². The summed E-state index contributed by atoms with van der Waals surface area (Å²) in [6, 6.07) is 6.57. The van der Waals surface area contributed by atoms with E-state index in [1.807, 2.05) is 6.07 Å². The average Bonchev–Trinajstić information content (AvgIpc) is 2.55. The van der Waals surface area contributed by atoms with E-state index in [0.29, 0.717) is 26.1 Å². The van der Waals surface area contributed by atoms with Gasteiger partial charge in [-0.1, -0.05) is 12.1 Å². The number of nitrogens with zero attached hydrogens (tertiary/aromatic N) is 1. The smallest absolute Gasteiger partial charge is 0.224 e. The van der Waals surface area contributed by atoms with Crippen LogP contribution in [-0.2, 0) is 16.1 Å². The van der Waals surface area contributed by atoms with Crippen LogP contribution in [0.4, 0.5) is 4.39 Å². The van der Waals surface area contributed by atoms with Gasteiger partial charge in [-0.2, -0.15) is 0 Å². The van der Waals surface area contributed by atoms with Crippen molar-refractivity contribution in [1.82, 2.24) is 15.5 Å². The largest absolute Gasteiger partial charge is 0.359 e. The van der Waals surface area contributed by atoms with Crippen LogP contribution in [0.1, 0.15) is 24.8 Å². The number of hydrogen-bond donors (Lipinski definition) is 2.